The molecule has 0 bridgehead atoms. The molecule has 8 unspecified atom stereocenters. The summed E-state index contributed by atoms with van der Waals surface area (Å²) in [6.45, 7) is -9.81. The second-order valence-electron chi connectivity index (χ2n) is 19.8. The lowest BCUT2D eigenvalue weighted by Gasteiger charge is -2.30. The van der Waals surface area contributed by atoms with Gasteiger partial charge in [0.1, 0.15) is 0 Å². The third-order valence-corrected chi connectivity index (χ3v) is 22.4. The van der Waals surface area contributed by atoms with Crippen LogP contribution in [0.2, 0.25) is 0 Å². The second kappa shape index (κ2) is 39.6. The number of benzene rings is 3. The zero-order valence-electron chi connectivity index (χ0n) is 47.9. The van der Waals surface area contributed by atoms with Crippen LogP contribution >= 0.6 is 203 Å². The smallest absolute Gasteiger partial charge is 0.256 e. The SMILES string of the molecule is CN(CC(O)CO)C(=O)c1c(I)c(NC(=O)C(O)CO)c(I)c(C(=O)NCC(O)CN(CC(O)CNC(=O)c2c(I)c(NC(=O)C(O)CO)c(I)c(C(=O)N(C)CC(O)CO)c2I)C(=O)c2c(I)c(NC(=O)C(O)CO)c(I)c(C(=O)N(C)CC(O)CO)c2I)c1I. The Morgan fingerprint density at radius 1 is 0.326 bits per heavy atom. The molecule has 0 aliphatic carbocycles. The number of hydrogen-bond acceptors (Lipinski definition) is 23. The van der Waals surface area contributed by atoms with Gasteiger partial charge in [0.15, 0.2) is 18.3 Å². The number of carbonyl (C=O) groups is 9. The Labute approximate surface area is 646 Å². The number of rotatable bonds is 32. The number of nitrogens with one attached hydrogen (secondary N) is 5. The van der Waals surface area contributed by atoms with Crippen LogP contribution in [-0.2, 0) is 14.4 Å². The van der Waals surface area contributed by atoms with Crippen molar-refractivity contribution in [3.8, 4) is 0 Å². The molecule has 0 spiro atoms. The number of amides is 9. The minimum Gasteiger partial charge on any atom is -0.394 e. The average molecular weight is 2310 g/mol. The summed E-state index contributed by atoms with van der Waals surface area (Å²) in [6.07, 6.45) is -13.9. The van der Waals surface area contributed by atoms with Gasteiger partial charge in [-0.05, 0) is 203 Å². The molecule has 32 nitrogen and oxygen atoms in total. The number of halogens is 9. The van der Waals surface area contributed by atoms with Crippen molar-refractivity contribution in [3.63, 3.8) is 0 Å². The molecule has 0 heterocycles. The predicted molar refractivity (Wildman–Crippen MR) is 402 cm³/mol. The Bertz CT molecular complexity index is 3130. The Morgan fingerprint density at radius 3 is 0.793 bits per heavy atom. The first-order chi connectivity index (χ1) is 42.9. The number of anilines is 3. The van der Waals surface area contributed by atoms with Crippen LogP contribution in [0, 0.1) is 32.1 Å². The molecular weight excluding hydrogens is 2250 g/mol. The van der Waals surface area contributed by atoms with E-state index in [1.54, 1.807) is 203 Å². The maximum atomic E-state index is 15.4. The zero-order valence-corrected chi connectivity index (χ0v) is 67.4. The third kappa shape index (κ3) is 21.9. The molecule has 3 aromatic carbocycles. The molecular formula is C51H62I9N9O23. The van der Waals surface area contributed by atoms with Gasteiger partial charge in [0.2, 0.25) is 0 Å². The van der Waals surface area contributed by atoms with Gasteiger partial charge in [0.05, 0.1) is 142 Å². The van der Waals surface area contributed by atoms with Gasteiger partial charge in [-0.3, -0.25) is 43.2 Å². The van der Waals surface area contributed by atoms with E-state index in [0.29, 0.717) is 0 Å². The fourth-order valence-corrected chi connectivity index (χ4v) is 21.0. The van der Waals surface area contributed by atoms with Crippen LogP contribution in [-0.4, -0.2) is 300 Å². The number of nitrogens with zero attached hydrogens (tertiary/aromatic N) is 4. The van der Waals surface area contributed by atoms with E-state index in [9.17, 15) is 110 Å². The van der Waals surface area contributed by atoms with Gasteiger partial charge >= 0.3 is 0 Å². The van der Waals surface area contributed by atoms with Crippen LogP contribution < -0.4 is 26.6 Å². The third-order valence-electron chi connectivity index (χ3n) is 12.7. The van der Waals surface area contributed by atoms with Gasteiger partial charge in [0, 0.05) is 77.7 Å². The summed E-state index contributed by atoms with van der Waals surface area (Å²) in [4.78, 5) is 130. The van der Waals surface area contributed by atoms with Crippen LogP contribution in [0.4, 0.5) is 17.1 Å². The Kier molecular flexibility index (Phi) is 36.7. The maximum absolute atomic E-state index is 15.4. The first-order valence-electron chi connectivity index (χ1n) is 26.2. The molecule has 41 heteroatoms. The topological polar surface area (TPSA) is 510 Å². The molecule has 0 aromatic heterocycles. The Hall–Kier alpha value is -1.10. The van der Waals surface area contributed by atoms with Gasteiger partial charge in [-0.1, -0.05) is 0 Å². The molecule has 19 N–H and O–H groups in total. The number of aliphatic hydroxyl groups excluding tert-OH is 14. The Morgan fingerprint density at radius 2 is 0.554 bits per heavy atom. The molecule has 9 amide bonds. The van der Waals surface area contributed by atoms with Gasteiger partial charge in [-0.25, -0.2) is 0 Å². The molecule has 92 heavy (non-hydrogen) atoms. The van der Waals surface area contributed by atoms with E-state index in [0.717, 1.165) is 19.6 Å². The monoisotopic (exact) mass is 2310 g/mol. The highest BCUT2D eigenvalue weighted by Gasteiger charge is 2.37. The summed E-state index contributed by atoms with van der Waals surface area (Å²) >= 11 is 15.1. The van der Waals surface area contributed by atoms with Crippen LogP contribution in [0.5, 0.6) is 0 Å². The van der Waals surface area contributed by atoms with Crippen LogP contribution in [0.3, 0.4) is 0 Å². The van der Waals surface area contributed by atoms with Crippen molar-refractivity contribution in [2.24, 2.45) is 0 Å². The van der Waals surface area contributed by atoms with E-state index in [4.69, 9.17) is 0 Å². The number of aliphatic hydroxyl groups is 14. The maximum Gasteiger partial charge on any atom is 0.256 e. The number of likely N-dealkylation sites (N-methyl/N-ethyl adjacent to an activating group) is 3. The molecule has 0 saturated heterocycles. The van der Waals surface area contributed by atoms with Crippen LogP contribution in [0.25, 0.3) is 0 Å². The van der Waals surface area contributed by atoms with Gasteiger partial charge in [-0.15, -0.1) is 0 Å². The molecule has 0 aliphatic rings. The highest BCUT2D eigenvalue weighted by molar-refractivity contribution is 14.1. The Balaban J connectivity index is 2.32. The summed E-state index contributed by atoms with van der Waals surface area (Å²) in [5.74, 6) is -9.15. The zero-order chi connectivity index (χ0) is 70.2. The standard InChI is InChI=1S/C51H62I9N9O23/c1-66(6-19(78)11-70)48(89)27-31(52)25(34(55)40(36(27)57)63-43(84)22(81)14-73)46(87)61-4-17(76)9-69(51(92)30-33(54)29(50(91)68(3)8-21(80)13-72)38(59)42(39(30)60)65-45(86)24(83)16-75)10-18(77)5-62-47(88)26-32(53)28(49(90)67(2)7-20(79)12-71)37(58)41(35(26)56)64-44(85)23(82)15-74/h17-24,70-83H,4-16H2,1-3H3,(H,61,87)(H,62,88)(H,63,84)(H,64,85)(H,65,86). The van der Waals surface area contributed by atoms with Gasteiger partial charge in [0.25, 0.3) is 53.2 Å². The first-order valence-corrected chi connectivity index (χ1v) is 35.9. The molecule has 8 atom stereocenters. The van der Waals surface area contributed by atoms with E-state index in [-0.39, 0.29) is 77.0 Å². The average Bonchev–Trinajstić information content (AvgIpc) is 0.780. The first kappa shape index (κ1) is 85.1. The second-order valence-corrected chi connectivity index (χ2v) is 29.5. The fourth-order valence-electron chi connectivity index (χ4n) is 7.92. The van der Waals surface area contributed by atoms with Crippen molar-refractivity contribution >= 4 is 274 Å². The molecule has 0 aliphatic heterocycles. The van der Waals surface area contributed by atoms with Crippen molar-refractivity contribution in [1.29, 1.82) is 0 Å². The molecule has 3 aromatic rings. The van der Waals surface area contributed by atoms with Crippen molar-refractivity contribution in [2.75, 3.05) is 123 Å². The lowest BCUT2D eigenvalue weighted by atomic mass is 10.0. The lowest BCUT2D eigenvalue weighted by molar-refractivity contribution is -0.126. The molecule has 0 saturated carbocycles. The fraction of sp³-hybridized carbons (Fsp3) is 0.471. The minimum absolute atomic E-state index is 0.0262. The van der Waals surface area contributed by atoms with Crippen LogP contribution in [0.1, 0.15) is 62.1 Å². The van der Waals surface area contributed by atoms with E-state index < -0.39 is 193 Å². The van der Waals surface area contributed by atoms with Crippen molar-refractivity contribution in [1.82, 2.24) is 30.2 Å². The highest BCUT2D eigenvalue weighted by atomic mass is 127. The molecule has 512 valence electrons. The summed E-state index contributed by atoms with van der Waals surface area (Å²) in [5, 5.41) is 155. The highest BCUT2D eigenvalue weighted by Crippen LogP contribution is 2.40. The van der Waals surface area contributed by atoms with Crippen molar-refractivity contribution in [3.05, 3.63) is 65.5 Å². The van der Waals surface area contributed by atoms with E-state index >= 15 is 4.79 Å². The van der Waals surface area contributed by atoms with Crippen molar-refractivity contribution in [2.45, 2.75) is 48.8 Å². The van der Waals surface area contributed by atoms with Crippen molar-refractivity contribution < 1.29 is 115 Å². The number of carbonyl (C=O) groups excluding carboxylic acids is 9. The predicted octanol–water partition coefficient (Wildman–Crippen LogP) is -2.70. The summed E-state index contributed by atoms with van der Waals surface area (Å²) < 4.78 is -0.343. The minimum atomic E-state index is -2.03. The molecule has 0 radical (unpaired) electrons. The quantitative estimate of drug-likeness (QED) is 0.0283. The largest absolute Gasteiger partial charge is 0.394 e. The van der Waals surface area contributed by atoms with Gasteiger partial charge in [-0.2, -0.15) is 0 Å². The lowest BCUT2D eigenvalue weighted by Crippen LogP contribution is -2.48. The van der Waals surface area contributed by atoms with E-state index in [1.165, 1.54) is 21.1 Å². The van der Waals surface area contributed by atoms with E-state index in [2.05, 4.69) is 26.6 Å². The molecule has 0 fully saturated rings. The summed E-state index contributed by atoms with van der Waals surface area (Å²) in [5.41, 5.74) is -2.31. The van der Waals surface area contributed by atoms with E-state index in [1.807, 2.05) is 0 Å². The van der Waals surface area contributed by atoms with Gasteiger partial charge < -0.3 is 118 Å². The van der Waals surface area contributed by atoms with Crippen LogP contribution in [0.15, 0.2) is 0 Å². The summed E-state index contributed by atoms with van der Waals surface area (Å²) in [7, 11) is 3.80. The normalized spacial score (nSPS) is 13.9. The number of hydrogen-bond donors (Lipinski definition) is 19. The summed E-state index contributed by atoms with van der Waals surface area (Å²) in [6, 6.07) is 0. The molecule has 3 rings (SSSR count).